The number of hydrogen-bond acceptors (Lipinski definition) is 2. The lowest BCUT2D eigenvalue weighted by Gasteiger charge is -2.31. The van der Waals surface area contributed by atoms with Crippen molar-refractivity contribution in [3.8, 4) is 0 Å². The first-order valence-electron chi connectivity index (χ1n) is 5.65. The molecule has 3 heteroatoms. The number of rotatable bonds is 4. The second-order valence-corrected chi connectivity index (χ2v) is 4.95. The van der Waals surface area contributed by atoms with Crippen molar-refractivity contribution in [1.82, 2.24) is 4.90 Å². The largest absolute Gasteiger partial charge is 0.329 e. The van der Waals surface area contributed by atoms with E-state index >= 15 is 0 Å². The van der Waals surface area contributed by atoms with Gasteiger partial charge in [0.05, 0.1) is 0 Å². The second kappa shape index (κ2) is 5.67. The number of likely N-dealkylation sites (N-methyl/N-ethyl adjacent to an activating group) is 1. The van der Waals surface area contributed by atoms with Crippen LogP contribution in [0.15, 0.2) is 18.2 Å². The molecule has 1 unspecified atom stereocenters. The van der Waals surface area contributed by atoms with Gasteiger partial charge in [-0.3, -0.25) is 4.90 Å². The summed E-state index contributed by atoms with van der Waals surface area (Å²) in [5, 5.41) is 0.782. The standard InChI is InChI=1S/C13H21ClN2/c1-9(2)16(4)13(8-15)12-6-5-11(14)7-10(12)3/h5-7,9,13H,8,15H2,1-4H3. The molecule has 0 aliphatic carbocycles. The summed E-state index contributed by atoms with van der Waals surface area (Å²) in [4.78, 5) is 2.29. The highest BCUT2D eigenvalue weighted by molar-refractivity contribution is 6.30. The van der Waals surface area contributed by atoms with Crippen molar-refractivity contribution in [2.45, 2.75) is 32.9 Å². The molecule has 2 N–H and O–H groups in total. The van der Waals surface area contributed by atoms with Gasteiger partial charge in [0.15, 0.2) is 0 Å². The first-order chi connectivity index (χ1) is 7.47. The van der Waals surface area contributed by atoms with Crippen LogP contribution in [0, 0.1) is 6.92 Å². The minimum Gasteiger partial charge on any atom is -0.329 e. The Hall–Kier alpha value is -0.570. The highest BCUT2D eigenvalue weighted by atomic mass is 35.5. The first-order valence-corrected chi connectivity index (χ1v) is 6.03. The Morgan fingerprint density at radius 3 is 2.44 bits per heavy atom. The van der Waals surface area contributed by atoms with Crippen molar-refractivity contribution in [2.24, 2.45) is 5.73 Å². The van der Waals surface area contributed by atoms with Gasteiger partial charge in [0.2, 0.25) is 0 Å². The zero-order valence-electron chi connectivity index (χ0n) is 10.5. The number of nitrogens with zero attached hydrogens (tertiary/aromatic N) is 1. The molecule has 0 spiro atoms. The Bertz CT molecular complexity index is 350. The molecule has 0 aromatic heterocycles. The monoisotopic (exact) mass is 240 g/mol. The molecule has 1 aromatic rings. The van der Waals surface area contributed by atoms with E-state index in [2.05, 4.69) is 38.8 Å². The lowest BCUT2D eigenvalue weighted by molar-refractivity contribution is 0.200. The van der Waals surface area contributed by atoms with Gasteiger partial charge >= 0.3 is 0 Å². The Labute approximate surface area is 103 Å². The molecule has 0 amide bonds. The van der Waals surface area contributed by atoms with Crippen molar-refractivity contribution >= 4 is 11.6 Å². The van der Waals surface area contributed by atoms with E-state index in [-0.39, 0.29) is 6.04 Å². The number of aryl methyl sites for hydroxylation is 1. The fraction of sp³-hybridized carbons (Fsp3) is 0.538. The van der Waals surface area contributed by atoms with Gasteiger partial charge in [0, 0.05) is 23.7 Å². The van der Waals surface area contributed by atoms with Gasteiger partial charge in [-0.15, -0.1) is 0 Å². The van der Waals surface area contributed by atoms with Gasteiger partial charge in [-0.1, -0.05) is 17.7 Å². The van der Waals surface area contributed by atoms with Crippen LogP contribution >= 0.6 is 11.6 Å². The molecule has 0 aliphatic rings. The summed E-state index contributed by atoms with van der Waals surface area (Å²) in [6.07, 6.45) is 0. The zero-order chi connectivity index (χ0) is 12.3. The van der Waals surface area contributed by atoms with Crippen molar-refractivity contribution in [3.05, 3.63) is 34.3 Å². The Kier molecular flexibility index (Phi) is 4.78. The minimum atomic E-state index is 0.261. The van der Waals surface area contributed by atoms with E-state index in [1.165, 1.54) is 11.1 Å². The molecular weight excluding hydrogens is 220 g/mol. The molecule has 0 saturated heterocycles. The normalized spacial score (nSPS) is 13.5. The van der Waals surface area contributed by atoms with E-state index in [0.717, 1.165) is 5.02 Å². The van der Waals surface area contributed by atoms with Crippen molar-refractivity contribution in [1.29, 1.82) is 0 Å². The molecule has 16 heavy (non-hydrogen) atoms. The topological polar surface area (TPSA) is 29.3 Å². The maximum Gasteiger partial charge on any atom is 0.0472 e. The molecule has 0 aliphatic heterocycles. The van der Waals surface area contributed by atoms with Gasteiger partial charge < -0.3 is 5.73 Å². The smallest absolute Gasteiger partial charge is 0.0472 e. The summed E-state index contributed by atoms with van der Waals surface area (Å²) in [5.41, 5.74) is 8.35. The van der Waals surface area contributed by atoms with Crippen LogP contribution in [0.2, 0.25) is 5.02 Å². The lowest BCUT2D eigenvalue weighted by atomic mass is 9.99. The fourth-order valence-electron chi connectivity index (χ4n) is 1.89. The maximum atomic E-state index is 5.96. The first kappa shape index (κ1) is 13.5. The third-order valence-electron chi connectivity index (χ3n) is 3.12. The molecule has 0 saturated carbocycles. The highest BCUT2D eigenvalue weighted by Crippen LogP contribution is 2.25. The van der Waals surface area contributed by atoms with Gasteiger partial charge in [0.25, 0.3) is 0 Å². The summed E-state index contributed by atoms with van der Waals surface area (Å²) < 4.78 is 0. The van der Waals surface area contributed by atoms with Gasteiger partial charge in [0.1, 0.15) is 0 Å². The SMILES string of the molecule is Cc1cc(Cl)ccc1C(CN)N(C)C(C)C. The minimum absolute atomic E-state index is 0.261. The van der Waals surface area contributed by atoms with Gasteiger partial charge in [-0.25, -0.2) is 0 Å². The highest BCUT2D eigenvalue weighted by Gasteiger charge is 2.19. The third-order valence-corrected chi connectivity index (χ3v) is 3.36. The van der Waals surface area contributed by atoms with E-state index in [1.807, 2.05) is 12.1 Å². The van der Waals surface area contributed by atoms with Crippen LogP contribution in [0.1, 0.15) is 31.0 Å². The van der Waals surface area contributed by atoms with E-state index in [1.54, 1.807) is 0 Å². The lowest BCUT2D eigenvalue weighted by Crippen LogP contribution is -2.35. The molecule has 0 fully saturated rings. The number of nitrogens with two attached hydrogens (primary N) is 1. The maximum absolute atomic E-state index is 5.96. The van der Waals surface area contributed by atoms with Crippen molar-refractivity contribution < 1.29 is 0 Å². The van der Waals surface area contributed by atoms with Gasteiger partial charge in [-0.05, 0) is 51.1 Å². The number of hydrogen-bond donors (Lipinski definition) is 1. The Morgan fingerprint density at radius 2 is 2.00 bits per heavy atom. The van der Waals surface area contributed by atoms with E-state index in [4.69, 9.17) is 17.3 Å². The summed E-state index contributed by atoms with van der Waals surface area (Å²) in [5.74, 6) is 0. The molecule has 90 valence electrons. The van der Waals surface area contributed by atoms with Crippen molar-refractivity contribution in [2.75, 3.05) is 13.6 Å². The van der Waals surface area contributed by atoms with Crippen LogP contribution in [-0.2, 0) is 0 Å². The van der Waals surface area contributed by atoms with E-state index in [0.29, 0.717) is 12.6 Å². The predicted molar refractivity (Wildman–Crippen MR) is 70.9 cm³/mol. The molecule has 0 radical (unpaired) electrons. The molecule has 1 rings (SSSR count). The van der Waals surface area contributed by atoms with E-state index < -0.39 is 0 Å². The molecule has 0 heterocycles. The molecule has 0 bridgehead atoms. The van der Waals surface area contributed by atoms with Crippen molar-refractivity contribution in [3.63, 3.8) is 0 Å². The number of benzene rings is 1. The average molecular weight is 241 g/mol. The molecule has 2 nitrogen and oxygen atoms in total. The Morgan fingerprint density at radius 1 is 1.38 bits per heavy atom. The Balaban J connectivity index is 3.04. The summed E-state index contributed by atoms with van der Waals surface area (Å²) in [6, 6.07) is 6.74. The molecule has 1 aromatic carbocycles. The fourth-order valence-corrected chi connectivity index (χ4v) is 2.11. The molecule has 1 atom stereocenters. The average Bonchev–Trinajstić information content (AvgIpc) is 2.21. The van der Waals surface area contributed by atoms with Gasteiger partial charge in [-0.2, -0.15) is 0 Å². The zero-order valence-corrected chi connectivity index (χ0v) is 11.3. The van der Waals surface area contributed by atoms with Crippen LogP contribution < -0.4 is 5.73 Å². The third kappa shape index (κ3) is 2.97. The van der Waals surface area contributed by atoms with Crippen LogP contribution in [0.4, 0.5) is 0 Å². The summed E-state index contributed by atoms with van der Waals surface area (Å²) in [7, 11) is 2.11. The van der Waals surface area contributed by atoms with Crippen LogP contribution in [0.3, 0.4) is 0 Å². The van der Waals surface area contributed by atoms with E-state index in [9.17, 15) is 0 Å². The molecular formula is C13H21ClN2. The summed E-state index contributed by atoms with van der Waals surface area (Å²) >= 11 is 5.96. The number of halogens is 1. The second-order valence-electron chi connectivity index (χ2n) is 4.51. The van der Waals surface area contributed by atoms with Crippen LogP contribution in [0.25, 0.3) is 0 Å². The van der Waals surface area contributed by atoms with Crippen LogP contribution in [-0.4, -0.2) is 24.5 Å². The quantitative estimate of drug-likeness (QED) is 0.877. The summed E-state index contributed by atoms with van der Waals surface area (Å²) in [6.45, 7) is 7.05. The van der Waals surface area contributed by atoms with Crippen LogP contribution in [0.5, 0.6) is 0 Å². The predicted octanol–water partition coefficient (Wildman–Crippen LogP) is 2.99.